The maximum absolute atomic E-state index is 5.93. The number of morpholine rings is 1. The van der Waals surface area contributed by atoms with Crippen molar-refractivity contribution in [1.29, 1.82) is 0 Å². The lowest BCUT2D eigenvalue weighted by atomic mass is 10.1. The number of pyridine rings is 1. The quantitative estimate of drug-likeness (QED) is 0.570. The predicted octanol–water partition coefficient (Wildman–Crippen LogP) is 2.22. The minimum Gasteiger partial charge on any atom is -0.397 e. The van der Waals surface area contributed by atoms with Crippen LogP contribution >= 0.6 is 0 Å². The molecule has 4 N–H and O–H groups in total. The summed E-state index contributed by atoms with van der Waals surface area (Å²) in [6.07, 6.45) is 8.98. The van der Waals surface area contributed by atoms with E-state index in [9.17, 15) is 0 Å². The number of anilines is 2. The van der Waals surface area contributed by atoms with Crippen molar-refractivity contribution in [2.75, 3.05) is 51.4 Å². The van der Waals surface area contributed by atoms with Crippen LogP contribution in [-0.4, -0.2) is 49.4 Å². The predicted molar refractivity (Wildman–Crippen MR) is 91.5 cm³/mol. The van der Waals surface area contributed by atoms with Crippen LogP contribution in [0.4, 0.5) is 11.4 Å². The lowest BCUT2D eigenvalue weighted by Gasteiger charge is -2.37. The van der Waals surface area contributed by atoms with Gasteiger partial charge in [0.1, 0.15) is 13.1 Å². The highest BCUT2D eigenvalue weighted by molar-refractivity contribution is 5.52. The standard InChI is InChI=1S/C17H31N4O/c1-21(9-11-22-12-10-21)8-6-4-2-3-5-7-17-16(19)13-15(18)14-20-17/h13-14H,2-12,18-19H2,1H3/q+1. The van der Waals surface area contributed by atoms with Crippen LogP contribution in [0.15, 0.2) is 12.3 Å². The molecule has 0 bridgehead atoms. The lowest BCUT2D eigenvalue weighted by Crippen LogP contribution is -2.52. The molecule has 1 aromatic heterocycles. The summed E-state index contributed by atoms with van der Waals surface area (Å²) in [5.41, 5.74) is 13.9. The average molecular weight is 307 g/mol. The van der Waals surface area contributed by atoms with Gasteiger partial charge < -0.3 is 20.7 Å². The molecule has 1 saturated heterocycles. The largest absolute Gasteiger partial charge is 0.397 e. The Balaban J connectivity index is 1.54. The number of hydrogen-bond acceptors (Lipinski definition) is 4. The number of nitrogen functional groups attached to an aromatic ring is 2. The molecular formula is C17H31N4O+. The van der Waals surface area contributed by atoms with E-state index < -0.39 is 0 Å². The van der Waals surface area contributed by atoms with Gasteiger partial charge in [-0.05, 0) is 31.7 Å². The third kappa shape index (κ3) is 5.46. The summed E-state index contributed by atoms with van der Waals surface area (Å²) in [5, 5.41) is 0. The first-order valence-electron chi connectivity index (χ1n) is 8.50. The van der Waals surface area contributed by atoms with Crippen LogP contribution in [0, 0.1) is 0 Å². The summed E-state index contributed by atoms with van der Waals surface area (Å²) in [6.45, 7) is 5.47. The summed E-state index contributed by atoms with van der Waals surface area (Å²) in [4.78, 5) is 4.32. The first-order chi connectivity index (χ1) is 10.6. The molecule has 1 aromatic rings. The van der Waals surface area contributed by atoms with Crippen molar-refractivity contribution in [2.24, 2.45) is 0 Å². The van der Waals surface area contributed by atoms with Gasteiger partial charge in [0.05, 0.1) is 50.1 Å². The van der Waals surface area contributed by atoms with Crippen LogP contribution in [0.1, 0.15) is 37.8 Å². The van der Waals surface area contributed by atoms with E-state index in [2.05, 4.69) is 12.0 Å². The molecule has 0 atom stereocenters. The van der Waals surface area contributed by atoms with Crippen molar-refractivity contribution in [1.82, 2.24) is 4.98 Å². The Morgan fingerprint density at radius 2 is 1.77 bits per heavy atom. The van der Waals surface area contributed by atoms with Crippen LogP contribution in [0.2, 0.25) is 0 Å². The van der Waals surface area contributed by atoms with Crippen LogP contribution in [0.5, 0.6) is 0 Å². The minimum atomic E-state index is 0.640. The highest BCUT2D eigenvalue weighted by atomic mass is 16.5. The molecule has 0 radical (unpaired) electrons. The smallest absolute Gasteiger partial charge is 0.102 e. The molecular weight excluding hydrogens is 276 g/mol. The molecule has 1 aliphatic heterocycles. The molecule has 5 nitrogen and oxygen atoms in total. The Morgan fingerprint density at radius 1 is 1.09 bits per heavy atom. The van der Waals surface area contributed by atoms with E-state index in [0.29, 0.717) is 5.69 Å². The summed E-state index contributed by atoms with van der Waals surface area (Å²) in [6, 6.07) is 1.80. The van der Waals surface area contributed by atoms with Gasteiger partial charge >= 0.3 is 0 Å². The van der Waals surface area contributed by atoms with Gasteiger partial charge in [-0.15, -0.1) is 0 Å². The number of aryl methyl sites for hydroxylation is 1. The van der Waals surface area contributed by atoms with Gasteiger partial charge in [0.2, 0.25) is 0 Å². The second-order valence-electron chi connectivity index (χ2n) is 6.73. The van der Waals surface area contributed by atoms with Gasteiger partial charge in [-0.2, -0.15) is 0 Å². The Kier molecular flexibility index (Phi) is 6.46. The highest BCUT2D eigenvalue weighted by Gasteiger charge is 2.24. The molecule has 0 aromatic carbocycles. The zero-order valence-corrected chi connectivity index (χ0v) is 13.9. The Hall–Kier alpha value is -1.33. The molecule has 0 spiro atoms. The third-order valence-electron chi connectivity index (χ3n) is 4.69. The van der Waals surface area contributed by atoms with Gasteiger partial charge in [0.25, 0.3) is 0 Å². The van der Waals surface area contributed by atoms with E-state index in [4.69, 9.17) is 16.2 Å². The van der Waals surface area contributed by atoms with Gasteiger partial charge in [0, 0.05) is 0 Å². The topological polar surface area (TPSA) is 74.2 Å². The fraction of sp³-hybridized carbons (Fsp3) is 0.706. The van der Waals surface area contributed by atoms with Gasteiger partial charge in [-0.3, -0.25) is 4.98 Å². The minimum absolute atomic E-state index is 0.640. The molecule has 124 valence electrons. The molecule has 0 amide bonds. The molecule has 2 heterocycles. The number of nitrogens with two attached hydrogens (primary N) is 2. The van der Waals surface area contributed by atoms with Gasteiger partial charge in [0.15, 0.2) is 0 Å². The fourth-order valence-corrected chi connectivity index (χ4v) is 3.06. The summed E-state index contributed by atoms with van der Waals surface area (Å²) < 4.78 is 6.63. The molecule has 5 heteroatoms. The fourth-order valence-electron chi connectivity index (χ4n) is 3.06. The highest BCUT2D eigenvalue weighted by Crippen LogP contribution is 2.16. The van der Waals surface area contributed by atoms with Gasteiger partial charge in [-0.25, -0.2) is 0 Å². The molecule has 1 aliphatic rings. The average Bonchev–Trinajstić information content (AvgIpc) is 2.49. The maximum atomic E-state index is 5.93. The molecule has 0 saturated carbocycles. The molecule has 1 fully saturated rings. The van der Waals surface area contributed by atoms with Crippen LogP contribution in [-0.2, 0) is 11.2 Å². The number of rotatable bonds is 8. The second kappa shape index (κ2) is 8.34. The third-order valence-corrected chi connectivity index (χ3v) is 4.69. The SMILES string of the molecule is C[N+]1(CCCCCCCc2ncc(N)cc2N)CCOCC1. The molecule has 0 unspecified atom stereocenters. The first-order valence-corrected chi connectivity index (χ1v) is 8.50. The number of quaternary nitrogens is 1. The maximum Gasteiger partial charge on any atom is 0.102 e. The number of likely N-dealkylation sites (N-methyl/N-ethyl adjacent to an activating group) is 1. The Morgan fingerprint density at radius 3 is 2.50 bits per heavy atom. The monoisotopic (exact) mass is 307 g/mol. The first kappa shape index (κ1) is 17.0. The Bertz CT molecular complexity index is 458. The van der Waals surface area contributed by atoms with E-state index in [1.807, 2.05) is 0 Å². The van der Waals surface area contributed by atoms with Crippen LogP contribution < -0.4 is 11.5 Å². The van der Waals surface area contributed by atoms with Crippen molar-refractivity contribution in [2.45, 2.75) is 38.5 Å². The second-order valence-corrected chi connectivity index (χ2v) is 6.73. The van der Waals surface area contributed by atoms with E-state index in [1.165, 1.54) is 49.8 Å². The van der Waals surface area contributed by atoms with E-state index in [0.717, 1.165) is 37.4 Å². The van der Waals surface area contributed by atoms with Crippen molar-refractivity contribution in [3.63, 3.8) is 0 Å². The molecule has 0 aliphatic carbocycles. The van der Waals surface area contributed by atoms with E-state index in [1.54, 1.807) is 12.3 Å². The van der Waals surface area contributed by atoms with Crippen molar-refractivity contribution >= 4 is 11.4 Å². The van der Waals surface area contributed by atoms with Crippen molar-refractivity contribution in [3.05, 3.63) is 18.0 Å². The Labute approximate surface area is 134 Å². The summed E-state index contributed by atoms with van der Waals surface area (Å²) in [7, 11) is 2.36. The van der Waals surface area contributed by atoms with Gasteiger partial charge in [-0.1, -0.05) is 12.8 Å². The van der Waals surface area contributed by atoms with E-state index >= 15 is 0 Å². The summed E-state index contributed by atoms with van der Waals surface area (Å²) in [5.74, 6) is 0. The number of ether oxygens (including phenoxy) is 1. The molecule has 22 heavy (non-hydrogen) atoms. The van der Waals surface area contributed by atoms with Crippen molar-refractivity contribution in [3.8, 4) is 0 Å². The summed E-state index contributed by atoms with van der Waals surface area (Å²) >= 11 is 0. The lowest BCUT2D eigenvalue weighted by molar-refractivity contribution is -0.917. The number of nitrogens with zero attached hydrogens (tertiary/aromatic N) is 2. The van der Waals surface area contributed by atoms with Crippen molar-refractivity contribution < 1.29 is 9.22 Å². The van der Waals surface area contributed by atoms with Crippen LogP contribution in [0.3, 0.4) is 0 Å². The number of unbranched alkanes of at least 4 members (excludes halogenated alkanes) is 4. The normalized spacial score (nSPS) is 17.5. The zero-order chi connectivity index (χ0) is 15.8. The van der Waals surface area contributed by atoms with Crippen LogP contribution in [0.25, 0.3) is 0 Å². The van der Waals surface area contributed by atoms with E-state index in [-0.39, 0.29) is 0 Å². The molecule has 2 rings (SSSR count). The number of aromatic nitrogens is 1. The zero-order valence-electron chi connectivity index (χ0n) is 13.9. The number of hydrogen-bond donors (Lipinski definition) is 2.